The maximum atomic E-state index is 6.56. The molecule has 2 aromatic heterocycles. The molecule has 1 atom stereocenters. The van der Waals surface area contributed by atoms with Crippen molar-refractivity contribution in [3.05, 3.63) is 41.0 Å². The number of thioether (sulfide) groups is 1. The largest absolute Gasteiger partial charge is 0.376 e. The zero-order chi connectivity index (χ0) is 21.2. The van der Waals surface area contributed by atoms with Gasteiger partial charge >= 0.3 is 0 Å². The van der Waals surface area contributed by atoms with Crippen LogP contribution < -0.4 is 4.90 Å². The summed E-state index contributed by atoms with van der Waals surface area (Å²) in [5.74, 6) is 2.46. The predicted octanol–water partition coefficient (Wildman–Crippen LogP) is 5.19. The number of nitrogens with zero attached hydrogens (tertiary/aromatic N) is 5. The first-order chi connectivity index (χ1) is 15.2. The number of halogens is 1. The monoisotopic (exact) mass is 457 g/mol. The highest BCUT2D eigenvalue weighted by atomic mass is 35.5. The number of piperidine rings is 1. The first-order valence-electron chi connectivity index (χ1n) is 11.1. The molecule has 0 saturated carbocycles. The SMILES string of the molecule is CC1CCN(c2nnc(SCc3c(Cl)ccc4cccnc34)n2CC2CCCO2)CC1. The van der Waals surface area contributed by atoms with E-state index < -0.39 is 0 Å². The van der Waals surface area contributed by atoms with Gasteiger partial charge in [0.25, 0.3) is 0 Å². The van der Waals surface area contributed by atoms with Crippen molar-refractivity contribution in [1.29, 1.82) is 0 Å². The highest BCUT2D eigenvalue weighted by molar-refractivity contribution is 7.98. The maximum absolute atomic E-state index is 6.56. The van der Waals surface area contributed by atoms with Crippen LogP contribution >= 0.6 is 23.4 Å². The predicted molar refractivity (Wildman–Crippen MR) is 126 cm³/mol. The van der Waals surface area contributed by atoms with Crippen molar-refractivity contribution in [2.45, 2.75) is 56.2 Å². The van der Waals surface area contributed by atoms with E-state index in [1.807, 2.05) is 24.4 Å². The van der Waals surface area contributed by atoms with Gasteiger partial charge in [-0.25, -0.2) is 0 Å². The minimum absolute atomic E-state index is 0.237. The van der Waals surface area contributed by atoms with Gasteiger partial charge in [0.1, 0.15) is 0 Å². The molecule has 2 fully saturated rings. The standard InChI is InChI=1S/C23H28ClN5OS/c1-16-8-11-28(12-9-16)22-26-27-23(29(22)14-18-5-3-13-30-18)31-15-19-20(24)7-6-17-4-2-10-25-21(17)19/h2,4,6-7,10,16,18H,3,5,8-9,11-15H2,1H3. The van der Waals surface area contributed by atoms with Gasteiger partial charge in [0.15, 0.2) is 5.16 Å². The Morgan fingerprint density at radius 3 is 2.84 bits per heavy atom. The Morgan fingerprint density at radius 2 is 2.03 bits per heavy atom. The van der Waals surface area contributed by atoms with E-state index >= 15 is 0 Å². The van der Waals surface area contributed by atoms with E-state index in [4.69, 9.17) is 16.3 Å². The second-order valence-corrected chi connectivity index (χ2v) is 9.94. The third kappa shape index (κ3) is 4.54. The Morgan fingerprint density at radius 1 is 1.16 bits per heavy atom. The van der Waals surface area contributed by atoms with Gasteiger partial charge in [-0.15, -0.1) is 10.2 Å². The van der Waals surface area contributed by atoms with Crippen molar-refractivity contribution < 1.29 is 4.74 Å². The van der Waals surface area contributed by atoms with E-state index in [2.05, 4.69) is 37.6 Å². The van der Waals surface area contributed by atoms with Gasteiger partial charge in [0.2, 0.25) is 5.95 Å². The number of hydrogen-bond acceptors (Lipinski definition) is 6. The van der Waals surface area contributed by atoms with Crippen LogP contribution in [-0.4, -0.2) is 45.5 Å². The quantitative estimate of drug-likeness (QED) is 0.475. The third-order valence-corrected chi connectivity index (χ3v) is 7.69. The summed E-state index contributed by atoms with van der Waals surface area (Å²) >= 11 is 8.24. The molecule has 0 spiro atoms. The molecule has 31 heavy (non-hydrogen) atoms. The molecular formula is C23H28ClN5OS. The van der Waals surface area contributed by atoms with Crippen LogP contribution in [0, 0.1) is 5.92 Å². The fraction of sp³-hybridized carbons (Fsp3) is 0.522. The van der Waals surface area contributed by atoms with Crippen LogP contribution in [0.15, 0.2) is 35.6 Å². The summed E-state index contributed by atoms with van der Waals surface area (Å²) in [5.41, 5.74) is 2.00. The Balaban J connectivity index is 1.41. The van der Waals surface area contributed by atoms with E-state index in [-0.39, 0.29) is 6.10 Å². The molecule has 3 aromatic rings. The lowest BCUT2D eigenvalue weighted by Gasteiger charge is -2.31. The van der Waals surface area contributed by atoms with E-state index in [0.29, 0.717) is 5.75 Å². The molecule has 0 radical (unpaired) electrons. The van der Waals surface area contributed by atoms with Crippen LogP contribution in [0.5, 0.6) is 0 Å². The summed E-state index contributed by atoms with van der Waals surface area (Å²) in [6.07, 6.45) is 6.68. The molecule has 0 N–H and O–H groups in total. The summed E-state index contributed by atoms with van der Waals surface area (Å²) in [7, 11) is 0. The Labute approximate surface area is 192 Å². The number of aromatic nitrogens is 4. The zero-order valence-electron chi connectivity index (χ0n) is 17.8. The van der Waals surface area contributed by atoms with Crippen molar-refractivity contribution in [1.82, 2.24) is 19.7 Å². The number of ether oxygens (including phenoxy) is 1. The highest BCUT2D eigenvalue weighted by Crippen LogP contribution is 2.33. The Kier molecular flexibility index (Phi) is 6.34. The molecular weight excluding hydrogens is 430 g/mol. The maximum Gasteiger partial charge on any atom is 0.228 e. The molecule has 1 unspecified atom stereocenters. The van der Waals surface area contributed by atoms with Crippen LogP contribution in [0.3, 0.4) is 0 Å². The number of anilines is 1. The summed E-state index contributed by atoms with van der Waals surface area (Å²) in [6.45, 7) is 6.06. The molecule has 2 aliphatic rings. The van der Waals surface area contributed by atoms with Crippen LogP contribution in [-0.2, 0) is 17.0 Å². The lowest BCUT2D eigenvalue weighted by atomic mass is 10.00. The van der Waals surface area contributed by atoms with Gasteiger partial charge in [-0.3, -0.25) is 9.55 Å². The highest BCUT2D eigenvalue weighted by Gasteiger charge is 2.26. The molecule has 0 amide bonds. The molecule has 2 aliphatic heterocycles. The number of fused-ring (bicyclic) bond motifs is 1. The molecule has 6 nitrogen and oxygen atoms in total. The minimum Gasteiger partial charge on any atom is -0.376 e. The van der Waals surface area contributed by atoms with E-state index in [1.54, 1.807) is 11.8 Å². The number of benzene rings is 1. The molecule has 8 heteroatoms. The van der Waals surface area contributed by atoms with Crippen molar-refractivity contribution in [2.24, 2.45) is 5.92 Å². The van der Waals surface area contributed by atoms with Gasteiger partial charge in [-0.1, -0.05) is 42.4 Å². The van der Waals surface area contributed by atoms with Gasteiger partial charge in [-0.05, 0) is 43.7 Å². The fourth-order valence-electron chi connectivity index (χ4n) is 4.44. The van der Waals surface area contributed by atoms with Crippen LogP contribution in [0.2, 0.25) is 5.02 Å². The lowest BCUT2D eigenvalue weighted by molar-refractivity contribution is 0.0951. The topological polar surface area (TPSA) is 56.1 Å². The minimum atomic E-state index is 0.237. The van der Waals surface area contributed by atoms with Gasteiger partial charge < -0.3 is 9.64 Å². The molecule has 5 rings (SSSR count). The molecule has 4 heterocycles. The molecule has 0 aliphatic carbocycles. The number of rotatable bonds is 6. The average Bonchev–Trinajstić information content (AvgIpc) is 3.44. The molecule has 0 bridgehead atoms. The van der Waals surface area contributed by atoms with Crippen molar-refractivity contribution in [3.8, 4) is 0 Å². The van der Waals surface area contributed by atoms with Crippen molar-refractivity contribution in [2.75, 3.05) is 24.6 Å². The number of hydrogen-bond donors (Lipinski definition) is 0. The Hall–Kier alpha value is -1.83. The third-order valence-electron chi connectivity index (χ3n) is 6.34. The van der Waals surface area contributed by atoms with E-state index in [1.165, 1.54) is 12.8 Å². The zero-order valence-corrected chi connectivity index (χ0v) is 19.4. The Bertz CT molecular complexity index is 1040. The summed E-state index contributed by atoms with van der Waals surface area (Å²) < 4.78 is 8.21. The first kappa shape index (κ1) is 21.0. The first-order valence-corrected chi connectivity index (χ1v) is 12.5. The van der Waals surface area contributed by atoms with Crippen molar-refractivity contribution >= 4 is 40.2 Å². The van der Waals surface area contributed by atoms with Crippen molar-refractivity contribution in [3.63, 3.8) is 0 Å². The molecule has 164 valence electrons. The second kappa shape index (κ2) is 9.35. The van der Waals surface area contributed by atoms with Crippen LogP contribution in [0.25, 0.3) is 10.9 Å². The smallest absolute Gasteiger partial charge is 0.228 e. The van der Waals surface area contributed by atoms with Gasteiger partial charge in [0, 0.05) is 47.6 Å². The lowest BCUT2D eigenvalue weighted by Crippen LogP contribution is -2.35. The van der Waals surface area contributed by atoms with Gasteiger partial charge in [0.05, 0.1) is 18.2 Å². The molecule has 1 aromatic carbocycles. The van der Waals surface area contributed by atoms with E-state index in [0.717, 1.165) is 77.6 Å². The van der Waals surface area contributed by atoms with Crippen LogP contribution in [0.4, 0.5) is 5.95 Å². The summed E-state index contributed by atoms with van der Waals surface area (Å²) in [6, 6.07) is 8.01. The van der Waals surface area contributed by atoms with Gasteiger partial charge in [-0.2, -0.15) is 0 Å². The van der Waals surface area contributed by atoms with E-state index in [9.17, 15) is 0 Å². The normalized spacial score (nSPS) is 20.1. The average molecular weight is 458 g/mol. The number of pyridine rings is 1. The summed E-state index contributed by atoms with van der Waals surface area (Å²) in [5, 5.41) is 12.0. The summed E-state index contributed by atoms with van der Waals surface area (Å²) in [4.78, 5) is 6.96. The van der Waals surface area contributed by atoms with Crippen LogP contribution in [0.1, 0.15) is 38.2 Å². The molecule has 2 saturated heterocycles. The fourth-order valence-corrected chi connectivity index (χ4v) is 5.71. The second-order valence-electron chi connectivity index (χ2n) is 8.59.